The molecule has 0 fully saturated rings. The molecular formula is C9H10ClNO3S2. The van der Waals surface area contributed by atoms with E-state index in [1.807, 2.05) is 30.5 Å². The lowest BCUT2D eigenvalue weighted by Crippen LogP contribution is -1.76. The van der Waals surface area contributed by atoms with Crippen molar-refractivity contribution < 1.29 is 12.8 Å². The molecule has 2 aromatic rings. The summed E-state index contributed by atoms with van der Waals surface area (Å²) in [5.74, 6) is 0. The topological polar surface area (TPSA) is 60.2 Å². The Hall–Kier alpha value is -0.720. The predicted octanol–water partition coefficient (Wildman–Crippen LogP) is 2.73. The van der Waals surface area contributed by atoms with Gasteiger partial charge in [-0.25, -0.2) is 13.4 Å². The smallest absolute Gasteiger partial charge is 0.256 e. The van der Waals surface area contributed by atoms with Crippen molar-refractivity contribution >= 4 is 42.6 Å². The third kappa shape index (κ3) is 4.87. The van der Waals surface area contributed by atoms with Gasteiger partial charge >= 0.3 is 0 Å². The number of fused-ring (bicyclic) bond motifs is 1. The Morgan fingerprint density at radius 2 is 1.94 bits per heavy atom. The molecule has 2 rings (SSSR count). The molecule has 1 aromatic heterocycles. The van der Waals surface area contributed by atoms with Crippen molar-refractivity contribution in [2.75, 3.05) is 12.5 Å². The molecule has 4 nitrogen and oxygen atoms in total. The van der Waals surface area contributed by atoms with Crippen molar-refractivity contribution in [3.05, 3.63) is 24.3 Å². The molecule has 1 heterocycles. The van der Waals surface area contributed by atoms with Gasteiger partial charge in [0.15, 0.2) is 5.58 Å². The zero-order valence-corrected chi connectivity index (χ0v) is 11.1. The lowest BCUT2D eigenvalue weighted by Gasteiger charge is -1.80. The van der Waals surface area contributed by atoms with Crippen LogP contribution in [0.5, 0.6) is 0 Å². The molecule has 0 saturated carbocycles. The van der Waals surface area contributed by atoms with E-state index in [0.29, 0.717) is 0 Å². The van der Waals surface area contributed by atoms with E-state index in [2.05, 4.69) is 15.7 Å². The van der Waals surface area contributed by atoms with Gasteiger partial charge in [0.05, 0.1) is 6.26 Å². The predicted molar refractivity (Wildman–Crippen MR) is 66.5 cm³/mol. The standard InChI is InChI=1S/C8H7NOS.CH3ClO2S/c1-11-8-9-6-4-2-3-5-7(6)10-8;1-5(2,3)4/h2-5H,1H3;1H3. The summed E-state index contributed by atoms with van der Waals surface area (Å²) in [6.07, 6.45) is 2.87. The number of hydrogen-bond acceptors (Lipinski definition) is 5. The fraction of sp³-hybridized carbons (Fsp3) is 0.222. The number of para-hydroxylation sites is 2. The van der Waals surface area contributed by atoms with Crippen LogP contribution in [0.3, 0.4) is 0 Å². The Morgan fingerprint density at radius 3 is 2.44 bits per heavy atom. The Bertz CT molecular complexity index is 524. The normalized spacial score (nSPS) is 10.9. The van der Waals surface area contributed by atoms with E-state index in [-0.39, 0.29) is 0 Å². The molecule has 0 unspecified atom stereocenters. The minimum atomic E-state index is -3.19. The molecule has 0 amide bonds. The van der Waals surface area contributed by atoms with Crippen molar-refractivity contribution in [3.8, 4) is 0 Å². The first kappa shape index (κ1) is 13.3. The second-order valence-corrected chi connectivity index (χ2v) is 6.64. The number of aromatic nitrogens is 1. The molecule has 0 atom stereocenters. The monoisotopic (exact) mass is 279 g/mol. The summed E-state index contributed by atoms with van der Waals surface area (Å²) >= 11 is 1.52. The lowest BCUT2D eigenvalue weighted by atomic mass is 10.3. The van der Waals surface area contributed by atoms with E-state index in [1.165, 1.54) is 11.8 Å². The molecule has 0 aliphatic carbocycles. The molecule has 0 spiro atoms. The third-order valence-corrected chi connectivity index (χ3v) is 1.97. The van der Waals surface area contributed by atoms with Gasteiger partial charge in [-0.2, -0.15) is 0 Å². The van der Waals surface area contributed by atoms with Crippen molar-refractivity contribution in [3.63, 3.8) is 0 Å². The zero-order chi connectivity index (χ0) is 12.2. The van der Waals surface area contributed by atoms with E-state index < -0.39 is 9.05 Å². The largest absolute Gasteiger partial charge is 0.431 e. The maximum Gasteiger partial charge on any atom is 0.256 e. The van der Waals surface area contributed by atoms with E-state index >= 15 is 0 Å². The van der Waals surface area contributed by atoms with Gasteiger partial charge in [0.25, 0.3) is 5.22 Å². The van der Waals surface area contributed by atoms with Crippen LogP contribution in [0, 0.1) is 0 Å². The molecule has 16 heavy (non-hydrogen) atoms. The van der Waals surface area contributed by atoms with Crippen LogP contribution in [0.1, 0.15) is 0 Å². The average molecular weight is 280 g/mol. The van der Waals surface area contributed by atoms with Gasteiger partial charge in [-0.1, -0.05) is 23.9 Å². The first-order chi connectivity index (χ1) is 7.40. The van der Waals surface area contributed by atoms with E-state index in [0.717, 1.165) is 22.6 Å². The zero-order valence-electron chi connectivity index (χ0n) is 8.68. The Morgan fingerprint density at radius 1 is 1.38 bits per heavy atom. The number of oxazole rings is 1. The highest BCUT2D eigenvalue weighted by Gasteiger charge is 2.01. The Labute approximate surface area is 102 Å². The van der Waals surface area contributed by atoms with Gasteiger partial charge in [0.2, 0.25) is 9.05 Å². The number of nitrogens with zero attached hydrogens (tertiary/aromatic N) is 1. The average Bonchev–Trinajstić information content (AvgIpc) is 2.57. The highest BCUT2D eigenvalue weighted by atomic mass is 35.7. The fourth-order valence-electron chi connectivity index (χ4n) is 0.938. The molecule has 88 valence electrons. The molecule has 0 bridgehead atoms. The number of benzene rings is 1. The number of hydrogen-bond donors (Lipinski definition) is 0. The maximum atomic E-state index is 9.40. The summed E-state index contributed by atoms with van der Waals surface area (Å²) in [5, 5.41) is 0.728. The summed E-state index contributed by atoms with van der Waals surface area (Å²) in [5.41, 5.74) is 1.79. The van der Waals surface area contributed by atoms with Crippen LogP contribution in [0.25, 0.3) is 11.1 Å². The molecule has 1 aromatic carbocycles. The quantitative estimate of drug-likeness (QED) is 0.593. The first-order valence-corrected chi connectivity index (χ1v) is 8.13. The lowest BCUT2D eigenvalue weighted by molar-refractivity contribution is 0.490. The van der Waals surface area contributed by atoms with Crippen molar-refractivity contribution in [2.45, 2.75) is 5.22 Å². The summed E-state index contributed by atoms with van der Waals surface area (Å²) in [4.78, 5) is 4.23. The molecule has 7 heteroatoms. The highest BCUT2D eigenvalue weighted by Crippen LogP contribution is 2.20. The SMILES string of the molecule is CS(=O)(=O)Cl.CSc1nc2ccccc2o1. The van der Waals surface area contributed by atoms with E-state index in [9.17, 15) is 8.42 Å². The second kappa shape index (κ2) is 5.56. The van der Waals surface area contributed by atoms with Crippen molar-refractivity contribution in [1.29, 1.82) is 0 Å². The Balaban J connectivity index is 0.000000221. The van der Waals surface area contributed by atoms with Gasteiger partial charge in [0.1, 0.15) is 5.52 Å². The molecule has 0 saturated heterocycles. The molecular weight excluding hydrogens is 270 g/mol. The van der Waals surface area contributed by atoms with Crippen LogP contribution in [-0.4, -0.2) is 25.9 Å². The Kier molecular flexibility index (Phi) is 4.64. The summed E-state index contributed by atoms with van der Waals surface area (Å²) in [6, 6.07) is 7.76. The summed E-state index contributed by atoms with van der Waals surface area (Å²) < 4.78 is 24.2. The summed E-state index contributed by atoms with van der Waals surface area (Å²) in [7, 11) is 1.31. The van der Waals surface area contributed by atoms with Gasteiger partial charge < -0.3 is 4.42 Å². The summed E-state index contributed by atoms with van der Waals surface area (Å²) in [6.45, 7) is 0. The number of thioether (sulfide) groups is 1. The van der Waals surface area contributed by atoms with Gasteiger partial charge in [-0.3, -0.25) is 0 Å². The van der Waals surface area contributed by atoms with Crippen LogP contribution < -0.4 is 0 Å². The number of rotatable bonds is 1. The minimum absolute atomic E-state index is 0.728. The number of halogens is 1. The fourth-order valence-corrected chi connectivity index (χ4v) is 1.30. The van der Waals surface area contributed by atoms with Gasteiger partial charge in [0, 0.05) is 10.7 Å². The van der Waals surface area contributed by atoms with Gasteiger partial charge in [-0.05, 0) is 18.4 Å². The van der Waals surface area contributed by atoms with Crippen LogP contribution >= 0.6 is 22.4 Å². The maximum absolute atomic E-state index is 9.40. The van der Waals surface area contributed by atoms with Crippen molar-refractivity contribution in [1.82, 2.24) is 4.98 Å². The van der Waals surface area contributed by atoms with Crippen LogP contribution in [-0.2, 0) is 9.05 Å². The second-order valence-electron chi connectivity index (χ2n) is 2.83. The van der Waals surface area contributed by atoms with Crippen LogP contribution in [0.4, 0.5) is 0 Å². The van der Waals surface area contributed by atoms with E-state index in [4.69, 9.17) is 4.42 Å². The molecule has 0 aliphatic rings. The molecule has 0 N–H and O–H groups in total. The minimum Gasteiger partial charge on any atom is -0.431 e. The first-order valence-electron chi connectivity index (χ1n) is 4.19. The van der Waals surface area contributed by atoms with Crippen LogP contribution in [0.2, 0.25) is 0 Å². The van der Waals surface area contributed by atoms with Gasteiger partial charge in [-0.15, -0.1) is 0 Å². The van der Waals surface area contributed by atoms with Crippen molar-refractivity contribution in [2.24, 2.45) is 0 Å². The van der Waals surface area contributed by atoms with Crippen LogP contribution in [0.15, 0.2) is 33.9 Å². The third-order valence-electron chi connectivity index (χ3n) is 1.45. The molecule has 0 aliphatic heterocycles. The van der Waals surface area contributed by atoms with E-state index in [1.54, 1.807) is 0 Å². The molecule has 0 radical (unpaired) electrons. The highest BCUT2D eigenvalue weighted by molar-refractivity contribution is 8.13.